The topological polar surface area (TPSA) is 115 Å². The molecular formula is C29H23BrClN5O5. The predicted octanol–water partition coefficient (Wildman–Crippen LogP) is 3.97. The van der Waals surface area contributed by atoms with Crippen molar-refractivity contribution in [2.24, 2.45) is 0 Å². The number of ether oxygens (including phenoxy) is 1. The van der Waals surface area contributed by atoms with Gasteiger partial charge in [0, 0.05) is 35.7 Å². The van der Waals surface area contributed by atoms with E-state index in [-0.39, 0.29) is 50.3 Å². The van der Waals surface area contributed by atoms with Crippen LogP contribution in [0.1, 0.15) is 32.1 Å². The van der Waals surface area contributed by atoms with Crippen LogP contribution in [-0.2, 0) is 24.4 Å². The lowest BCUT2D eigenvalue weighted by molar-refractivity contribution is -0.118. The Balaban J connectivity index is 1.40. The van der Waals surface area contributed by atoms with Gasteiger partial charge in [0.1, 0.15) is 11.4 Å². The van der Waals surface area contributed by atoms with E-state index in [1.54, 1.807) is 41.3 Å². The molecule has 208 valence electrons. The molecule has 12 heteroatoms. The number of anilines is 1. The number of hydrogen-bond acceptors (Lipinski definition) is 5. The highest BCUT2D eigenvalue weighted by molar-refractivity contribution is 9.10. The van der Waals surface area contributed by atoms with Crippen LogP contribution in [0.4, 0.5) is 5.69 Å². The summed E-state index contributed by atoms with van der Waals surface area (Å²) < 4.78 is 9.09. The van der Waals surface area contributed by atoms with Gasteiger partial charge in [-0.25, -0.2) is 4.79 Å². The first-order valence-corrected chi connectivity index (χ1v) is 13.9. The summed E-state index contributed by atoms with van der Waals surface area (Å²) in [6.45, 7) is 0.610. The molecule has 0 saturated heterocycles. The number of benzene rings is 3. The van der Waals surface area contributed by atoms with E-state index in [4.69, 9.17) is 16.3 Å². The summed E-state index contributed by atoms with van der Waals surface area (Å²) in [5.41, 5.74) is 2.29. The number of carbonyl (C=O) groups excluding carboxylic acids is 3. The molecule has 6 rings (SSSR count). The van der Waals surface area contributed by atoms with E-state index in [9.17, 15) is 19.2 Å². The minimum atomic E-state index is -0.465. The number of imidazole rings is 1. The van der Waals surface area contributed by atoms with Gasteiger partial charge in [0.2, 0.25) is 0 Å². The van der Waals surface area contributed by atoms with E-state index in [1.807, 2.05) is 30.3 Å². The Labute approximate surface area is 247 Å². The second kappa shape index (κ2) is 10.9. The maximum Gasteiger partial charge on any atom is 0.333 e. The number of amides is 3. The van der Waals surface area contributed by atoms with Crippen LogP contribution in [0.5, 0.6) is 5.75 Å². The molecule has 10 nitrogen and oxygen atoms in total. The maximum atomic E-state index is 13.8. The molecule has 0 atom stereocenters. The molecule has 2 aliphatic rings. The molecule has 2 aliphatic heterocycles. The third-order valence-corrected chi connectivity index (χ3v) is 8.23. The number of hydrogen-bond donors (Lipinski definition) is 2. The van der Waals surface area contributed by atoms with Gasteiger partial charge in [-0.15, -0.1) is 0 Å². The molecule has 0 bridgehead atoms. The average Bonchev–Trinajstić information content (AvgIpc) is 3.28. The molecule has 0 saturated carbocycles. The molecule has 4 aromatic rings. The number of nitrogens with zero attached hydrogens (tertiary/aromatic N) is 3. The van der Waals surface area contributed by atoms with Crippen molar-refractivity contribution in [1.82, 2.24) is 19.4 Å². The van der Waals surface area contributed by atoms with Gasteiger partial charge < -0.3 is 20.3 Å². The van der Waals surface area contributed by atoms with Crippen LogP contribution in [0.3, 0.4) is 0 Å². The van der Waals surface area contributed by atoms with Crippen molar-refractivity contribution in [1.29, 1.82) is 0 Å². The lowest BCUT2D eigenvalue weighted by Crippen LogP contribution is -2.41. The van der Waals surface area contributed by atoms with Crippen molar-refractivity contribution in [3.05, 3.63) is 109 Å². The third kappa shape index (κ3) is 5.14. The van der Waals surface area contributed by atoms with Gasteiger partial charge in [-0.2, -0.15) is 0 Å². The predicted molar refractivity (Wildman–Crippen MR) is 156 cm³/mol. The van der Waals surface area contributed by atoms with Gasteiger partial charge in [-0.1, -0.05) is 41.9 Å². The number of aromatic nitrogens is 2. The molecule has 3 amide bonds. The van der Waals surface area contributed by atoms with E-state index in [0.29, 0.717) is 37.9 Å². The number of nitrogens with one attached hydrogen (secondary N) is 2. The van der Waals surface area contributed by atoms with Crippen LogP contribution in [0.25, 0.3) is 5.69 Å². The van der Waals surface area contributed by atoms with E-state index in [0.717, 1.165) is 5.56 Å². The highest BCUT2D eigenvalue weighted by Gasteiger charge is 2.32. The minimum absolute atomic E-state index is 0.0420. The molecule has 41 heavy (non-hydrogen) atoms. The second-order valence-corrected chi connectivity index (χ2v) is 10.9. The van der Waals surface area contributed by atoms with E-state index < -0.39 is 11.6 Å². The van der Waals surface area contributed by atoms with Gasteiger partial charge in [0.25, 0.3) is 17.7 Å². The Kier molecular flexibility index (Phi) is 7.14. The zero-order chi connectivity index (χ0) is 28.7. The Morgan fingerprint density at radius 1 is 1.02 bits per heavy atom. The fraction of sp³-hybridized carbons (Fsp3) is 0.172. The van der Waals surface area contributed by atoms with Crippen LogP contribution >= 0.6 is 27.5 Å². The lowest BCUT2D eigenvalue weighted by Gasteiger charge is -2.28. The normalized spacial score (nSPS) is 14.0. The SMILES string of the molecule is O=C1COc2cc(-n3c(C(=O)NCc4ccccc4)c4n(c3=O)CCN(C(=O)c3ccc(Br)c(Cl)c3)C4)ccc2N1. The van der Waals surface area contributed by atoms with Crippen molar-refractivity contribution in [2.75, 3.05) is 18.5 Å². The summed E-state index contributed by atoms with van der Waals surface area (Å²) in [7, 11) is 0. The zero-order valence-corrected chi connectivity index (χ0v) is 23.9. The lowest BCUT2D eigenvalue weighted by atomic mass is 10.1. The summed E-state index contributed by atoms with van der Waals surface area (Å²) in [4.78, 5) is 54.3. The molecule has 3 aromatic carbocycles. The highest BCUT2D eigenvalue weighted by atomic mass is 79.9. The second-order valence-electron chi connectivity index (χ2n) is 9.61. The summed E-state index contributed by atoms with van der Waals surface area (Å²) >= 11 is 9.57. The largest absolute Gasteiger partial charge is 0.482 e. The summed E-state index contributed by atoms with van der Waals surface area (Å²) in [5, 5.41) is 6.05. The zero-order valence-electron chi connectivity index (χ0n) is 21.5. The van der Waals surface area contributed by atoms with Crippen molar-refractivity contribution < 1.29 is 19.1 Å². The van der Waals surface area contributed by atoms with Crippen LogP contribution in [0, 0.1) is 0 Å². The molecule has 3 heterocycles. The standard InChI is InChI=1S/C29H23BrClN5O5/c30-20-8-6-18(12-21(20)31)28(39)34-10-11-35-23(15-34)26(27(38)32-14-17-4-2-1-3-5-17)36(29(35)40)19-7-9-22-24(13-19)41-16-25(37)33-22/h1-9,12-13H,10-11,14-16H2,(H,32,38)(H,33,37). The fourth-order valence-electron chi connectivity index (χ4n) is 4.98. The van der Waals surface area contributed by atoms with Gasteiger partial charge in [0.05, 0.1) is 28.6 Å². The molecule has 0 fully saturated rings. The van der Waals surface area contributed by atoms with Gasteiger partial charge in [-0.05, 0) is 51.8 Å². The number of halogens is 2. The summed E-state index contributed by atoms with van der Waals surface area (Å²) in [5.74, 6) is -0.621. The Hall–Kier alpha value is -4.35. The molecule has 1 aromatic heterocycles. The maximum absolute atomic E-state index is 13.8. The van der Waals surface area contributed by atoms with Crippen LogP contribution in [0.15, 0.2) is 76.0 Å². The fourth-order valence-corrected chi connectivity index (χ4v) is 5.41. The van der Waals surface area contributed by atoms with E-state index in [2.05, 4.69) is 26.6 Å². The average molecular weight is 637 g/mol. The number of fused-ring (bicyclic) bond motifs is 2. The molecule has 0 aliphatic carbocycles. The Morgan fingerprint density at radius 3 is 2.61 bits per heavy atom. The van der Waals surface area contributed by atoms with Gasteiger partial charge in [0.15, 0.2) is 6.61 Å². The molecule has 2 N–H and O–H groups in total. The van der Waals surface area contributed by atoms with Crippen molar-refractivity contribution in [2.45, 2.75) is 19.6 Å². The monoisotopic (exact) mass is 635 g/mol. The first-order chi connectivity index (χ1) is 19.8. The number of rotatable bonds is 5. The minimum Gasteiger partial charge on any atom is -0.482 e. The highest BCUT2D eigenvalue weighted by Crippen LogP contribution is 2.31. The number of carbonyl (C=O) groups is 3. The summed E-state index contributed by atoms with van der Waals surface area (Å²) in [6, 6.07) is 19.3. The van der Waals surface area contributed by atoms with Crippen LogP contribution < -0.4 is 21.1 Å². The molecule has 0 unspecified atom stereocenters. The first-order valence-electron chi connectivity index (χ1n) is 12.8. The van der Waals surface area contributed by atoms with Crippen molar-refractivity contribution in [3.63, 3.8) is 0 Å². The molecule has 0 spiro atoms. The van der Waals surface area contributed by atoms with E-state index >= 15 is 0 Å². The van der Waals surface area contributed by atoms with Crippen molar-refractivity contribution in [3.8, 4) is 11.4 Å². The van der Waals surface area contributed by atoms with Gasteiger partial charge in [-0.3, -0.25) is 23.5 Å². The smallest absolute Gasteiger partial charge is 0.333 e. The van der Waals surface area contributed by atoms with Crippen molar-refractivity contribution >= 4 is 50.9 Å². The molecular weight excluding hydrogens is 614 g/mol. The Bertz CT molecular complexity index is 1770. The van der Waals surface area contributed by atoms with Crippen LogP contribution in [-0.4, -0.2) is 44.9 Å². The molecule has 0 radical (unpaired) electrons. The van der Waals surface area contributed by atoms with Crippen LogP contribution in [0.2, 0.25) is 5.02 Å². The Morgan fingerprint density at radius 2 is 1.83 bits per heavy atom. The quantitative estimate of drug-likeness (QED) is 0.344. The van der Waals surface area contributed by atoms with E-state index in [1.165, 1.54) is 9.13 Å². The van der Waals surface area contributed by atoms with Gasteiger partial charge >= 0.3 is 5.69 Å². The summed E-state index contributed by atoms with van der Waals surface area (Å²) in [6.07, 6.45) is 0. The first kappa shape index (κ1) is 26.9. The third-order valence-electron chi connectivity index (χ3n) is 7.00.